The van der Waals surface area contributed by atoms with Gasteiger partial charge in [-0.25, -0.2) is 0 Å². The summed E-state index contributed by atoms with van der Waals surface area (Å²) in [6.07, 6.45) is 12.9. The number of fused-ring (bicyclic) bond motifs is 1. The molecular formula is C19H29Cl2Ti. The molecule has 3 heteroatoms. The molecule has 0 aromatic heterocycles. The van der Waals surface area contributed by atoms with Gasteiger partial charge in [-0.2, -0.15) is 0 Å². The first-order valence-corrected chi connectivity index (χ1v) is 17.3. The summed E-state index contributed by atoms with van der Waals surface area (Å²) in [7, 11) is 0. The quantitative estimate of drug-likeness (QED) is 0.471. The van der Waals surface area contributed by atoms with Gasteiger partial charge in [-0.1, -0.05) is 0 Å². The molecule has 0 saturated heterocycles. The number of rotatable bonds is 2. The van der Waals surface area contributed by atoms with E-state index in [0.29, 0.717) is 4.22 Å². The van der Waals surface area contributed by atoms with E-state index in [1.54, 1.807) is 3.88 Å². The number of allylic oxidation sites excluding steroid dienone is 5. The van der Waals surface area contributed by atoms with Crippen molar-refractivity contribution in [2.45, 2.75) is 36.8 Å². The first-order chi connectivity index (χ1) is 8.94. The number of halogens is 2. The van der Waals surface area contributed by atoms with Crippen molar-refractivity contribution in [3.63, 3.8) is 0 Å². The van der Waals surface area contributed by atoms with E-state index >= 15 is 0 Å². The third-order valence-corrected chi connectivity index (χ3v) is 18.4. The zero-order chi connectivity index (χ0) is 14.8. The van der Waals surface area contributed by atoms with Crippen LogP contribution in [0.1, 0.15) is 21.8 Å². The summed E-state index contributed by atoms with van der Waals surface area (Å²) in [6, 6.07) is 8.91. The summed E-state index contributed by atoms with van der Waals surface area (Å²) in [4.78, 5) is 0. The molecular weight excluding hydrogens is 347 g/mol. The van der Waals surface area contributed by atoms with E-state index in [0.717, 1.165) is 6.42 Å². The number of benzene rings is 1. The Morgan fingerprint density at radius 2 is 1.59 bits per heavy atom. The van der Waals surface area contributed by atoms with Crippen molar-refractivity contribution in [1.82, 2.24) is 0 Å². The Balaban J connectivity index is 0.00000121. The van der Waals surface area contributed by atoms with Crippen LogP contribution in [0.4, 0.5) is 0 Å². The van der Waals surface area contributed by atoms with Gasteiger partial charge in [0, 0.05) is 0 Å². The second kappa shape index (κ2) is 4.42. The second-order valence-electron chi connectivity index (χ2n) is 11.6. The monoisotopic (exact) mass is 375 g/mol. The fourth-order valence-electron chi connectivity index (χ4n) is 4.31. The van der Waals surface area contributed by atoms with Gasteiger partial charge in [0.15, 0.2) is 0 Å². The van der Waals surface area contributed by atoms with Crippen LogP contribution in [-0.4, -0.2) is 0 Å². The maximum atomic E-state index is 2.61. The Hall–Kier alpha value is -0.266. The van der Waals surface area contributed by atoms with Gasteiger partial charge in [-0.15, -0.1) is 24.8 Å². The molecule has 22 heavy (non-hydrogen) atoms. The van der Waals surface area contributed by atoms with Crippen molar-refractivity contribution in [1.29, 1.82) is 0 Å². The van der Waals surface area contributed by atoms with Crippen LogP contribution in [0, 0.1) is 0 Å². The Kier molecular flexibility index (Phi) is 3.98. The molecule has 0 saturated carbocycles. The molecule has 0 bridgehead atoms. The molecule has 1 unspecified atom stereocenters. The van der Waals surface area contributed by atoms with Gasteiger partial charge in [-0.3, -0.25) is 0 Å². The third kappa shape index (κ3) is 2.69. The zero-order valence-corrected chi connectivity index (χ0v) is 17.5. The van der Waals surface area contributed by atoms with Crippen LogP contribution in [0.15, 0.2) is 52.4 Å². The summed E-state index contributed by atoms with van der Waals surface area (Å²) in [5.41, 5.74) is 2.93. The average molecular weight is 376 g/mol. The summed E-state index contributed by atoms with van der Waals surface area (Å²) in [5.74, 6) is 0. The van der Waals surface area contributed by atoms with Crippen molar-refractivity contribution in [2.75, 3.05) is 0 Å². The van der Waals surface area contributed by atoms with Crippen LogP contribution in [0.25, 0.3) is 6.08 Å². The molecule has 0 N–H and O–H groups in total. The van der Waals surface area contributed by atoms with Crippen molar-refractivity contribution in [3.8, 4) is 0 Å². The van der Waals surface area contributed by atoms with E-state index < -0.39 is 12.7 Å². The van der Waals surface area contributed by atoms with Gasteiger partial charge < -0.3 is 0 Å². The molecule has 3 rings (SSSR count). The SMILES string of the molecule is Cl.Cl.[CH3][Ti]([CH3])([CH3])([CH3])([CH3])([C]1=CC=CC1)[CH]1C=Cc2ccccc21. The molecule has 0 aliphatic heterocycles. The van der Waals surface area contributed by atoms with Gasteiger partial charge in [0.05, 0.1) is 0 Å². The first kappa shape index (κ1) is 19.8. The van der Waals surface area contributed by atoms with E-state index in [-0.39, 0.29) is 24.8 Å². The zero-order valence-electron chi connectivity index (χ0n) is 14.3. The van der Waals surface area contributed by atoms with E-state index in [1.165, 1.54) is 11.1 Å². The molecule has 0 amide bonds. The third-order valence-electron chi connectivity index (χ3n) is 6.07. The van der Waals surface area contributed by atoms with Crippen LogP contribution < -0.4 is 0 Å². The molecule has 0 nitrogen and oxygen atoms in total. The van der Waals surface area contributed by atoms with Crippen molar-refractivity contribution < 1.29 is 12.7 Å². The second-order valence-corrected chi connectivity index (χ2v) is 38.1. The van der Waals surface area contributed by atoms with E-state index in [9.17, 15) is 0 Å². The van der Waals surface area contributed by atoms with Crippen LogP contribution in [0.2, 0.25) is 26.1 Å². The van der Waals surface area contributed by atoms with Crippen LogP contribution >= 0.6 is 24.8 Å². The molecule has 0 spiro atoms. The van der Waals surface area contributed by atoms with Gasteiger partial charge >= 0.3 is 119 Å². The van der Waals surface area contributed by atoms with Crippen LogP contribution in [-0.2, 0) is 12.7 Å². The topological polar surface area (TPSA) is 0 Å². The van der Waals surface area contributed by atoms with Gasteiger partial charge in [0.1, 0.15) is 0 Å². The predicted molar refractivity (Wildman–Crippen MR) is 104 cm³/mol. The standard InChI is InChI=1S/C9H7.C5H5.5CH3.2ClH.Ti/c1-2-5-9-7-3-6-8(9)4-1;1-2-4-5-3-1;;;;;;;;/h1-7H;1-3H,4H2;5*1H3;2*1H;. The Morgan fingerprint density at radius 1 is 0.955 bits per heavy atom. The van der Waals surface area contributed by atoms with E-state index in [2.05, 4.69) is 80.8 Å². The van der Waals surface area contributed by atoms with Gasteiger partial charge in [-0.05, 0) is 0 Å². The van der Waals surface area contributed by atoms with Gasteiger partial charge in [0.2, 0.25) is 0 Å². The Morgan fingerprint density at radius 3 is 2.18 bits per heavy atom. The number of hydrogen-bond donors (Lipinski definition) is 0. The molecule has 1 atom stereocenters. The molecule has 0 heterocycles. The fourth-order valence-corrected chi connectivity index (χ4v) is 13.4. The van der Waals surface area contributed by atoms with E-state index in [4.69, 9.17) is 0 Å². The summed E-state index contributed by atoms with van der Waals surface area (Å²) >= 11 is -3.83. The molecule has 0 radical (unpaired) electrons. The normalized spacial score (nSPS) is 24.0. The van der Waals surface area contributed by atoms with Crippen molar-refractivity contribution in [3.05, 3.63) is 63.6 Å². The molecule has 1 aromatic carbocycles. The Bertz CT molecular complexity index is 708. The Labute approximate surface area is 143 Å². The predicted octanol–water partition coefficient (Wildman–Crippen LogP) is 7.44. The molecule has 2 aliphatic rings. The van der Waals surface area contributed by atoms with Crippen LogP contribution in [0.3, 0.4) is 0 Å². The summed E-state index contributed by atoms with van der Waals surface area (Å²) < 4.78 is 2.21. The van der Waals surface area contributed by atoms with E-state index in [1.807, 2.05) is 0 Å². The summed E-state index contributed by atoms with van der Waals surface area (Å²) in [6.45, 7) is 0. The van der Waals surface area contributed by atoms with Crippen LogP contribution in [0.5, 0.6) is 0 Å². The molecule has 2 aliphatic carbocycles. The fraction of sp³-hybridized carbons (Fsp3) is 0.368. The average Bonchev–Trinajstić information content (AvgIpc) is 2.98. The minimum atomic E-state index is -3.83. The van der Waals surface area contributed by atoms with Gasteiger partial charge in [0.25, 0.3) is 0 Å². The molecule has 0 fully saturated rings. The molecule has 1 aromatic rings. The van der Waals surface area contributed by atoms with Crippen molar-refractivity contribution >= 4 is 30.9 Å². The minimum absolute atomic E-state index is 0. The molecule has 123 valence electrons. The number of hydrogen-bond acceptors (Lipinski definition) is 0. The first-order valence-electron chi connectivity index (χ1n) is 7.83. The summed E-state index contributed by atoms with van der Waals surface area (Å²) in [5, 5.41) is 13.0. The maximum absolute atomic E-state index is 3.83. The van der Waals surface area contributed by atoms with Crippen molar-refractivity contribution in [2.24, 2.45) is 0 Å².